The van der Waals surface area contributed by atoms with Gasteiger partial charge in [0, 0.05) is 25.0 Å². The Kier molecular flexibility index (Phi) is 4.64. The number of sulfone groups is 1. The summed E-state index contributed by atoms with van der Waals surface area (Å²) in [4.78, 5) is 15.1. The summed E-state index contributed by atoms with van der Waals surface area (Å²) in [6.45, 7) is 1.20. The summed E-state index contributed by atoms with van der Waals surface area (Å²) < 4.78 is 58.5. The number of ether oxygens (including phenoxy) is 1. The SMILES string of the molecule is O=C(C1=CN(c2ccc(F)cc2)c2cc(F)ccc2S1(=O)=O)N1CCOCC1. The van der Waals surface area contributed by atoms with Crippen LogP contribution >= 0.6 is 0 Å². The van der Waals surface area contributed by atoms with Gasteiger partial charge in [-0.25, -0.2) is 17.2 Å². The van der Waals surface area contributed by atoms with Gasteiger partial charge in [0.05, 0.1) is 23.8 Å². The highest BCUT2D eigenvalue weighted by atomic mass is 32.2. The fourth-order valence-corrected chi connectivity index (χ4v) is 4.71. The first-order valence-electron chi connectivity index (χ1n) is 8.56. The molecule has 2 heterocycles. The van der Waals surface area contributed by atoms with E-state index in [-0.39, 0.29) is 23.7 Å². The Morgan fingerprint density at radius 2 is 1.61 bits per heavy atom. The van der Waals surface area contributed by atoms with E-state index in [0.717, 1.165) is 18.2 Å². The molecule has 0 unspecified atom stereocenters. The molecule has 2 aliphatic rings. The van der Waals surface area contributed by atoms with E-state index < -0.39 is 32.3 Å². The number of nitrogens with zero attached hydrogens (tertiary/aromatic N) is 2. The Bertz CT molecular complexity index is 1060. The zero-order valence-electron chi connectivity index (χ0n) is 14.6. The molecule has 2 aromatic carbocycles. The lowest BCUT2D eigenvalue weighted by atomic mass is 10.2. The quantitative estimate of drug-likeness (QED) is 0.718. The van der Waals surface area contributed by atoms with Crippen LogP contribution in [-0.4, -0.2) is 45.5 Å². The van der Waals surface area contributed by atoms with Crippen molar-refractivity contribution in [1.82, 2.24) is 4.90 Å². The molecule has 2 aromatic rings. The van der Waals surface area contributed by atoms with Gasteiger partial charge in [-0.1, -0.05) is 0 Å². The van der Waals surface area contributed by atoms with Crippen LogP contribution in [0.1, 0.15) is 0 Å². The number of anilines is 2. The van der Waals surface area contributed by atoms with Gasteiger partial charge in [0.2, 0.25) is 9.84 Å². The second-order valence-corrected chi connectivity index (χ2v) is 8.25. The Morgan fingerprint density at radius 1 is 0.964 bits per heavy atom. The van der Waals surface area contributed by atoms with Crippen molar-refractivity contribution in [3.63, 3.8) is 0 Å². The van der Waals surface area contributed by atoms with Crippen molar-refractivity contribution in [1.29, 1.82) is 0 Å². The third-order valence-corrected chi connectivity index (χ3v) is 6.40. The molecule has 0 aromatic heterocycles. The summed E-state index contributed by atoms with van der Waals surface area (Å²) in [5.41, 5.74) is 0.459. The molecule has 0 bridgehead atoms. The molecular weight excluding hydrogens is 390 g/mol. The Hall–Kier alpha value is -2.78. The second-order valence-electron chi connectivity index (χ2n) is 6.36. The van der Waals surface area contributed by atoms with E-state index in [1.165, 1.54) is 40.3 Å². The summed E-state index contributed by atoms with van der Waals surface area (Å²) in [5.74, 6) is -1.75. The Morgan fingerprint density at radius 3 is 2.29 bits per heavy atom. The summed E-state index contributed by atoms with van der Waals surface area (Å²) in [7, 11) is -4.15. The molecule has 1 amide bonds. The van der Waals surface area contributed by atoms with E-state index in [9.17, 15) is 22.0 Å². The second kappa shape index (κ2) is 6.99. The molecular formula is C19H16F2N2O4S. The molecule has 0 atom stereocenters. The van der Waals surface area contributed by atoms with E-state index in [2.05, 4.69) is 0 Å². The van der Waals surface area contributed by atoms with E-state index in [0.29, 0.717) is 18.9 Å². The van der Waals surface area contributed by atoms with Crippen molar-refractivity contribution in [2.75, 3.05) is 31.2 Å². The monoisotopic (exact) mass is 406 g/mol. The fourth-order valence-electron chi connectivity index (χ4n) is 3.19. The molecule has 9 heteroatoms. The van der Waals surface area contributed by atoms with Crippen molar-refractivity contribution in [2.24, 2.45) is 0 Å². The van der Waals surface area contributed by atoms with Crippen LogP contribution < -0.4 is 4.90 Å². The zero-order chi connectivity index (χ0) is 19.9. The normalized spacial score (nSPS) is 18.4. The van der Waals surface area contributed by atoms with Gasteiger partial charge >= 0.3 is 0 Å². The van der Waals surface area contributed by atoms with Crippen LogP contribution in [0.25, 0.3) is 0 Å². The summed E-state index contributed by atoms with van der Waals surface area (Å²) in [6.07, 6.45) is 1.17. The number of fused-ring (bicyclic) bond motifs is 1. The molecule has 0 spiro atoms. The topological polar surface area (TPSA) is 66.9 Å². The number of amides is 1. The van der Waals surface area contributed by atoms with Crippen molar-refractivity contribution >= 4 is 27.1 Å². The first-order chi connectivity index (χ1) is 13.4. The Balaban J connectivity index is 1.87. The van der Waals surface area contributed by atoms with Crippen molar-refractivity contribution < 1.29 is 26.7 Å². The van der Waals surface area contributed by atoms with Crippen LogP contribution in [0.3, 0.4) is 0 Å². The van der Waals surface area contributed by atoms with Gasteiger partial charge in [0.1, 0.15) is 11.6 Å². The number of halogens is 2. The van der Waals surface area contributed by atoms with Crippen LogP contribution in [0.15, 0.2) is 58.5 Å². The summed E-state index contributed by atoms with van der Waals surface area (Å²) >= 11 is 0. The van der Waals surface area contributed by atoms with Crippen LogP contribution in [0.2, 0.25) is 0 Å². The number of hydrogen-bond acceptors (Lipinski definition) is 5. The average molecular weight is 406 g/mol. The van der Waals surface area contributed by atoms with Gasteiger partial charge in [0.15, 0.2) is 4.91 Å². The van der Waals surface area contributed by atoms with E-state index in [4.69, 9.17) is 4.74 Å². The van der Waals surface area contributed by atoms with Gasteiger partial charge in [0.25, 0.3) is 5.91 Å². The van der Waals surface area contributed by atoms with Crippen molar-refractivity contribution in [2.45, 2.75) is 4.90 Å². The van der Waals surface area contributed by atoms with Crippen molar-refractivity contribution in [3.8, 4) is 0 Å². The molecule has 0 aliphatic carbocycles. The Labute approximate surface area is 160 Å². The van der Waals surface area contributed by atoms with E-state index in [1.54, 1.807) is 0 Å². The van der Waals surface area contributed by atoms with E-state index in [1.807, 2.05) is 0 Å². The highest BCUT2D eigenvalue weighted by Crippen LogP contribution is 2.40. The third kappa shape index (κ3) is 3.16. The highest BCUT2D eigenvalue weighted by Gasteiger charge is 2.38. The predicted octanol–water partition coefficient (Wildman–Crippen LogP) is 2.59. The van der Waals surface area contributed by atoms with Gasteiger partial charge in [-0.3, -0.25) is 4.79 Å². The smallest absolute Gasteiger partial charge is 0.267 e. The maximum absolute atomic E-state index is 13.9. The number of benzene rings is 2. The number of carbonyl (C=O) groups is 1. The standard InChI is InChI=1S/C19H16F2N2O4S/c20-13-1-4-15(5-2-13)23-12-18(19(24)22-7-9-27-10-8-22)28(25,26)17-6-3-14(21)11-16(17)23/h1-6,11-12H,7-10H2. The molecule has 146 valence electrons. The molecule has 0 radical (unpaired) electrons. The van der Waals surface area contributed by atoms with Gasteiger partial charge in [-0.2, -0.15) is 0 Å². The lowest BCUT2D eigenvalue weighted by Crippen LogP contribution is -2.43. The minimum absolute atomic E-state index is 0.0603. The highest BCUT2D eigenvalue weighted by molar-refractivity contribution is 7.96. The number of morpholine rings is 1. The van der Waals surface area contributed by atoms with Gasteiger partial charge in [-0.15, -0.1) is 0 Å². The molecule has 28 heavy (non-hydrogen) atoms. The summed E-state index contributed by atoms with van der Waals surface area (Å²) in [5, 5.41) is 0. The van der Waals surface area contributed by atoms with Gasteiger partial charge < -0.3 is 14.5 Å². The lowest BCUT2D eigenvalue weighted by Gasteiger charge is -2.32. The molecule has 4 rings (SSSR count). The van der Waals surface area contributed by atoms with Crippen LogP contribution in [0.5, 0.6) is 0 Å². The third-order valence-electron chi connectivity index (χ3n) is 4.62. The lowest BCUT2D eigenvalue weighted by molar-refractivity contribution is -0.130. The molecule has 0 N–H and O–H groups in total. The minimum Gasteiger partial charge on any atom is -0.378 e. The van der Waals surface area contributed by atoms with Crippen molar-refractivity contribution in [3.05, 3.63) is 65.2 Å². The first kappa shape index (κ1) is 18.6. The number of rotatable bonds is 2. The van der Waals surface area contributed by atoms with Gasteiger partial charge in [-0.05, 0) is 42.5 Å². The predicted molar refractivity (Wildman–Crippen MR) is 97.6 cm³/mol. The zero-order valence-corrected chi connectivity index (χ0v) is 15.5. The molecule has 0 saturated carbocycles. The maximum Gasteiger partial charge on any atom is 0.267 e. The average Bonchev–Trinajstić information content (AvgIpc) is 2.69. The van der Waals surface area contributed by atoms with E-state index >= 15 is 0 Å². The molecule has 1 fully saturated rings. The van der Waals surface area contributed by atoms with Crippen LogP contribution in [0.4, 0.5) is 20.2 Å². The largest absolute Gasteiger partial charge is 0.378 e. The minimum atomic E-state index is -4.15. The maximum atomic E-state index is 13.9. The number of carbonyl (C=O) groups excluding carboxylic acids is 1. The van der Waals surface area contributed by atoms with Crippen LogP contribution in [-0.2, 0) is 19.4 Å². The molecule has 1 saturated heterocycles. The first-order valence-corrected chi connectivity index (χ1v) is 10.0. The number of hydrogen-bond donors (Lipinski definition) is 0. The molecule has 2 aliphatic heterocycles. The van der Waals surface area contributed by atoms with Crippen LogP contribution in [0, 0.1) is 11.6 Å². The fraction of sp³-hybridized carbons (Fsp3) is 0.211. The molecule has 6 nitrogen and oxygen atoms in total. The summed E-state index contributed by atoms with van der Waals surface area (Å²) in [6, 6.07) is 8.49.